The molecule has 0 aliphatic heterocycles. The summed E-state index contributed by atoms with van der Waals surface area (Å²) >= 11 is 0. The lowest BCUT2D eigenvalue weighted by Crippen LogP contribution is -2.24. The normalized spacial score (nSPS) is 10.6. The predicted octanol–water partition coefficient (Wildman–Crippen LogP) is 4.52. The number of hydrogen-bond donors (Lipinski definition) is 2. The molecule has 1 amide bonds. The number of hydrogen-bond acceptors (Lipinski definition) is 6. The molecule has 4 rings (SSSR count). The van der Waals surface area contributed by atoms with E-state index in [1.54, 1.807) is 26.5 Å². The molecule has 0 spiro atoms. The van der Waals surface area contributed by atoms with Crippen LogP contribution in [-0.2, 0) is 6.54 Å². The van der Waals surface area contributed by atoms with Gasteiger partial charge in [-0.25, -0.2) is 4.98 Å². The summed E-state index contributed by atoms with van der Waals surface area (Å²) in [4.78, 5) is 17.3. The van der Waals surface area contributed by atoms with Crippen LogP contribution in [0.2, 0.25) is 0 Å². The van der Waals surface area contributed by atoms with Crippen LogP contribution in [0.3, 0.4) is 0 Å². The second-order valence-electron chi connectivity index (χ2n) is 6.54. The summed E-state index contributed by atoms with van der Waals surface area (Å²) in [7, 11) is 3.22. The molecule has 2 heterocycles. The minimum atomic E-state index is -0.308. The van der Waals surface area contributed by atoms with Gasteiger partial charge in [0.05, 0.1) is 25.9 Å². The standard InChI is InChI=1S/C23H21N3O4/c1-28-17-9-7-16(8-10-17)25-22-18-11-12-30-21(18)13-19(26-22)23(27)24-14-15-5-3-4-6-20(15)29-2/h3-13H,14H2,1-2H3,(H,24,27)(H,25,26). The lowest BCUT2D eigenvalue weighted by Gasteiger charge is -2.11. The van der Waals surface area contributed by atoms with Crippen molar-refractivity contribution < 1.29 is 18.7 Å². The van der Waals surface area contributed by atoms with Gasteiger partial charge < -0.3 is 24.5 Å². The predicted molar refractivity (Wildman–Crippen MR) is 114 cm³/mol. The van der Waals surface area contributed by atoms with Crippen molar-refractivity contribution in [2.75, 3.05) is 19.5 Å². The van der Waals surface area contributed by atoms with Gasteiger partial charge in [-0.15, -0.1) is 0 Å². The molecule has 0 aliphatic carbocycles. The van der Waals surface area contributed by atoms with Crippen molar-refractivity contribution in [1.29, 1.82) is 0 Å². The van der Waals surface area contributed by atoms with Crippen molar-refractivity contribution >= 4 is 28.4 Å². The van der Waals surface area contributed by atoms with Gasteiger partial charge in [0.2, 0.25) is 0 Å². The maximum Gasteiger partial charge on any atom is 0.270 e. The molecule has 2 aromatic heterocycles. The second kappa shape index (κ2) is 8.57. The van der Waals surface area contributed by atoms with Crippen molar-refractivity contribution in [3.8, 4) is 11.5 Å². The van der Waals surface area contributed by atoms with Gasteiger partial charge in [0.25, 0.3) is 5.91 Å². The number of methoxy groups -OCH3 is 2. The van der Waals surface area contributed by atoms with Crippen LogP contribution in [0.1, 0.15) is 16.1 Å². The van der Waals surface area contributed by atoms with E-state index in [4.69, 9.17) is 13.9 Å². The Morgan fingerprint density at radius 3 is 2.60 bits per heavy atom. The van der Waals surface area contributed by atoms with Gasteiger partial charge >= 0.3 is 0 Å². The zero-order valence-corrected chi connectivity index (χ0v) is 16.6. The van der Waals surface area contributed by atoms with Crippen LogP contribution in [0.5, 0.6) is 11.5 Å². The Labute approximate surface area is 173 Å². The lowest BCUT2D eigenvalue weighted by molar-refractivity contribution is 0.0946. The average molecular weight is 403 g/mol. The van der Waals surface area contributed by atoms with Crippen molar-refractivity contribution in [2.24, 2.45) is 0 Å². The maximum absolute atomic E-state index is 12.8. The summed E-state index contributed by atoms with van der Waals surface area (Å²) < 4.78 is 16.0. The number of amides is 1. The van der Waals surface area contributed by atoms with Gasteiger partial charge in [0, 0.05) is 23.9 Å². The van der Waals surface area contributed by atoms with Crippen molar-refractivity contribution in [3.05, 3.63) is 78.2 Å². The molecule has 152 valence electrons. The van der Waals surface area contributed by atoms with Gasteiger partial charge in [-0.2, -0.15) is 0 Å². The zero-order chi connectivity index (χ0) is 20.9. The third-order valence-electron chi connectivity index (χ3n) is 4.67. The smallest absolute Gasteiger partial charge is 0.270 e. The molecular formula is C23H21N3O4. The second-order valence-corrected chi connectivity index (χ2v) is 6.54. The van der Waals surface area contributed by atoms with E-state index in [0.717, 1.165) is 22.4 Å². The number of ether oxygens (including phenoxy) is 2. The largest absolute Gasteiger partial charge is 0.497 e. The Morgan fingerprint density at radius 1 is 1.03 bits per heavy atom. The molecule has 0 saturated carbocycles. The molecule has 30 heavy (non-hydrogen) atoms. The van der Waals surface area contributed by atoms with Crippen molar-refractivity contribution in [2.45, 2.75) is 6.54 Å². The third kappa shape index (κ3) is 4.05. The molecule has 0 aliphatic rings. The Hall–Kier alpha value is -4.00. The van der Waals surface area contributed by atoms with E-state index >= 15 is 0 Å². The molecule has 7 heteroatoms. The van der Waals surface area contributed by atoms with Crippen LogP contribution in [0.4, 0.5) is 11.5 Å². The highest BCUT2D eigenvalue weighted by Crippen LogP contribution is 2.27. The number of nitrogens with zero attached hydrogens (tertiary/aromatic N) is 1. The van der Waals surface area contributed by atoms with Crippen LogP contribution >= 0.6 is 0 Å². The van der Waals surface area contributed by atoms with E-state index < -0.39 is 0 Å². The van der Waals surface area contributed by atoms with Gasteiger partial charge in [-0.1, -0.05) is 18.2 Å². The van der Waals surface area contributed by atoms with Gasteiger partial charge in [-0.3, -0.25) is 4.79 Å². The number of aromatic nitrogens is 1. The number of carbonyl (C=O) groups is 1. The van der Waals surface area contributed by atoms with E-state index in [9.17, 15) is 4.79 Å². The van der Waals surface area contributed by atoms with Crippen LogP contribution in [0.25, 0.3) is 11.0 Å². The first kappa shape index (κ1) is 19.3. The fraction of sp³-hybridized carbons (Fsp3) is 0.130. The van der Waals surface area contributed by atoms with Gasteiger partial charge in [-0.05, 0) is 36.4 Å². The number of nitrogens with one attached hydrogen (secondary N) is 2. The quantitative estimate of drug-likeness (QED) is 0.472. The van der Waals surface area contributed by atoms with E-state index in [-0.39, 0.29) is 11.6 Å². The minimum Gasteiger partial charge on any atom is -0.497 e. The molecule has 7 nitrogen and oxygen atoms in total. The molecule has 0 bridgehead atoms. The monoisotopic (exact) mass is 403 g/mol. The van der Waals surface area contributed by atoms with E-state index in [1.807, 2.05) is 54.6 Å². The fourth-order valence-corrected chi connectivity index (χ4v) is 3.10. The Morgan fingerprint density at radius 2 is 1.83 bits per heavy atom. The molecular weight excluding hydrogens is 382 g/mol. The minimum absolute atomic E-state index is 0.253. The Kier molecular flexibility index (Phi) is 5.52. The molecule has 0 fully saturated rings. The molecule has 0 unspecified atom stereocenters. The highest BCUT2D eigenvalue weighted by Gasteiger charge is 2.15. The SMILES string of the molecule is COc1ccc(Nc2nc(C(=O)NCc3ccccc3OC)cc3occc23)cc1. The lowest BCUT2D eigenvalue weighted by atomic mass is 10.2. The first-order valence-electron chi connectivity index (χ1n) is 9.37. The topological polar surface area (TPSA) is 85.6 Å². The summed E-state index contributed by atoms with van der Waals surface area (Å²) in [5.41, 5.74) is 2.52. The molecule has 0 radical (unpaired) electrons. The molecule has 0 saturated heterocycles. The summed E-state index contributed by atoms with van der Waals surface area (Å²) in [5, 5.41) is 6.91. The van der Waals surface area contributed by atoms with Crippen LogP contribution in [0.15, 0.2) is 71.3 Å². The highest BCUT2D eigenvalue weighted by molar-refractivity contribution is 5.99. The highest BCUT2D eigenvalue weighted by atomic mass is 16.5. The molecule has 2 aromatic carbocycles. The van der Waals surface area contributed by atoms with Crippen molar-refractivity contribution in [3.63, 3.8) is 0 Å². The molecule has 4 aromatic rings. The third-order valence-corrected chi connectivity index (χ3v) is 4.67. The number of furan rings is 1. The number of pyridine rings is 1. The summed E-state index contributed by atoms with van der Waals surface area (Å²) in [5.74, 6) is 1.70. The number of para-hydroxylation sites is 1. The zero-order valence-electron chi connectivity index (χ0n) is 16.6. The first-order chi connectivity index (χ1) is 14.7. The molecule has 0 atom stereocenters. The van der Waals surface area contributed by atoms with Crippen LogP contribution in [-0.4, -0.2) is 25.1 Å². The molecule has 2 N–H and O–H groups in total. The van der Waals surface area contributed by atoms with E-state index in [0.29, 0.717) is 23.7 Å². The van der Waals surface area contributed by atoms with Crippen LogP contribution in [0, 0.1) is 0 Å². The van der Waals surface area contributed by atoms with Crippen LogP contribution < -0.4 is 20.1 Å². The summed E-state index contributed by atoms with van der Waals surface area (Å²) in [6, 6.07) is 18.4. The summed E-state index contributed by atoms with van der Waals surface area (Å²) in [6.45, 7) is 0.321. The Balaban J connectivity index is 1.57. The summed E-state index contributed by atoms with van der Waals surface area (Å²) in [6.07, 6.45) is 1.57. The van der Waals surface area contributed by atoms with E-state index in [1.165, 1.54) is 0 Å². The first-order valence-corrected chi connectivity index (χ1v) is 9.37. The average Bonchev–Trinajstić information content (AvgIpc) is 3.27. The van der Waals surface area contributed by atoms with E-state index in [2.05, 4.69) is 15.6 Å². The van der Waals surface area contributed by atoms with Gasteiger partial charge in [0.1, 0.15) is 28.6 Å². The number of benzene rings is 2. The number of anilines is 2. The fourth-order valence-electron chi connectivity index (χ4n) is 3.10. The van der Waals surface area contributed by atoms with Crippen molar-refractivity contribution in [1.82, 2.24) is 10.3 Å². The number of carbonyl (C=O) groups excluding carboxylic acids is 1. The number of rotatable bonds is 7. The maximum atomic E-state index is 12.8. The van der Waals surface area contributed by atoms with Gasteiger partial charge in [0.15, 0.2) is 0 Å². The Bertz CT molecular complexity index is 1170. The number of fused-ring (bicyclic) bond motifs is 1.